The molecule has 0 spiro atoms. The third-order valence-electron chi connectivity index (χ3n) is 2.97. The quantitative estimate of drug-likeness (QED) is 0.613. The number of thioether (sulfide) groups is 1. The van der Waals surface area contributed by atoms with Crippen molar-refractivity contribution in [2.75, 3.05) is 11.1 Å². The molecule has 2 heterocycles. The van der Waals surface area contributed by atoms with E-state index in [1.54, 1.807) is 6.26 Å². The molecule has 1 atom stereocenters. The molecule has 130 valence electrons. The maximum Gasteiger partial charge on any atom is 0.321 e. The molecule has 0 radical (unpaired) electrons. The molecule has 2 aromatic heterocycles. The Balaban J connectivity index is 1.70. The Hall–Kier alpha value is -2.07. The van der Waals surface area contributed by atoms with E-state index in [2.05, 4.69) is 26.1 Å². The molecule has 0 saturated heterocycles. The average molecular weight is 369 g/mol. The minimum atomic E-state index is -0.479. The van der Waals surface area contributed by atoms with Crippen LogP contribution in [0.25, 0.3) is 0 Å². The van der Waals surface area contributed by atoms with Gasteiger partial charge in [-0.05, 0) is 25.5 Å². The highest BCUT2D eigenvalue weighted by molar-refractivity contribution is 8.01. The van der Waals surface area contributed by atoms with E-state index in [0.717, 1.165) is 12.2 Å². The van der Waals surface area contributed by atoms with Crippen LogP contribution in [0.4, 0.5) is 9.93 Å². The number of hydrogen-bond donors (Lipinski definition) is 3. The molecule has 3 amide bonds. The number of carbonyl (C=O) groups is 2. The second-order valence-electron chi connectivity index (χ2n) is 4.93. The number of nitrogens with zero attached hydrogens (tertiary/aromatic N) is 2. The lowest BCUT2D eigenvalue weighted by Crippen LogP contribution is -2.43. The predicted molar refractivity (Wildman–Crippen MR) is 93.1 cm³/mol. The number of amides is 3. The maximum atomic E-state index is 11.7. The lowest BCUT2D eigenvalue weighted by atomic mass is 10.3. The molecule has 0 unspecified atom stereocenters. The second kappa shape index (κ2) is 9.28. The number of hydrogen-bond acceptors (Lipinski definition) is 8. The van der Waals surface area contributed by atoms with Crippen molar-refractivity contribution in [2.45, 2.75) is 37.2 Å². The van der Waals surface area contributed by atoms with E-state index in [9.17, 15) is 9.59 Å². The number of imide groups is 1. The second-order valence-corrected chi connectivity index (χ2v) is 7.13. The molecular weight excluding hydrogens is 350 g/mol. The summed E-state index contributed by atoms with van der Waals surface area (Å²) in [4.78, 5) is 23.3. The zero-order chi connectivity index (χ0) is 17.4. The molecule has 0 fully saturated rings. The van der Waals surface area contributed by atoms with E-state index < -0.39 is 6.03 Å². The number of nitrogens with one attached hydrogen (secondary N) is 3. The summed E-state index contributed by atoms with van der Waals surface area (Å²) in [5.74, 6) is 0.521. The van der Waals surface area contributed by atoms with Crippen molar-refractivity contribution in [3.05, 3.63) is 24.2 Å². The van der Waals surface area contributed by atoms with Crippen LogP contribution >= 0.6 is 23.1 Å². The summed E-state index contributed by atoms with van der Waals surface area (Å²) in [5.41, 5.74) is 0. The zero-order valence-corrected chi connectivity index (χ0v) is 15.0. The summed E-state index contributed by atoms with van der Waals surface area (Å²) < 4.78 is 5.86. The van der Waals surface area contributed by atoms with Crippen LogP contribution < -0.4 is 16.0 Å². The standard InChI is InChI=1S/C14H19N5O3S2/c1-3-9(2)16-12(21)17-11(20)8-23-14-19-18-13(24-14)15-7-10-5-4-6-22-10/h4-6,9H,3,7-8H2,1-2H3,(H,15,18)(H2,16,17,20,21)/t9-/m0/s1. The van der Waals surface area contributed by atoms with Crippen molar-refractivity contribution in [3.63, 3.8) is 0 Å². The van der Waals surface area contributed by atoms with Gasteiger partial charge in [0.2, 0.25) is 11.0 Å². The third-order valence-corrected chi connectivity index (χ3v) is 4.98. The fraction of sp³-hybridized carbons (Fsp3) is 0.429. The SMILES string of the molecule is CC[C@H](C)NC(=O)NC(=O)CSc1nnc(NCc2ccco2)s1. The van der Waals surface area contributed by atoms with Crippen molar-refractivity contribution in [3.8, 4) is 0 Å². The van der Waals surface area contributed by atoms with Crippen LogP contribution in [0.1, 0.15) is 26.0 Å². The van der Waals surface area contributed by atoms with Gasteiger partial charge in [0.1, 0.15) is 5.76 Å². The zero-order valence-electron chi connectivity index (χ0n) is 13.4. The van der Waals surface area contributed by atoms with Gasteiger partial charge in [-0.2, -0.15) is 0 Å². The van der Waals surface area contributed by atoms with E-state index in [-0.39, 0.29) is 17.7 Å². The van der Waals surface area contributed by atoms with Crippen molar-refractivity contribution < 1.29 is 14.0 Å². The molecule has 2 aromatic rings. The fourth-order valence-electron chi connectivity index (χ4n) is 1.57. The Kier molecular flexibility index (Phi) is 7.07. The number of aromatic nitrogens is 2. The van der Waals surface area contributed by atoms with Crippen molar-refractivity contribution in [1.29, 1.82) is 0 Å². The smallest absolute Gasteiger partial charge is 0.321 e. The highest BCUT2D eigenvalue weighted by Gasteiger charge is 2.12. The van der Waals surface area contributed by atoms with Crippen LogP contribution in [0.15, 0.2) is 27.2 Å². The molecule has 0 aromatic carbocycles. The third kappa shape index (κ3) is 6.20. The first kappa shape index (κ1) is 18.3. The Morgan fingerprint density at radius 2 is 2.25 bits per heavy atom. The minimum Gasteiger partial charge on any atom is -0.467 e. The van der Waals surface area contributed by atoms with Crippen LogP contribution in [-0.4, -0.2) is 33.9 Å². The van der Waals surface area contributed by atoms with Crippen LogP contribution in [0.3, 0.4) is 0 Å². The summed E-state index contributed by atoms with van der Waals surface area (Å²) >= 11 is 2.57. The largest absolute Gasteiger partial charge is 0.467 e. The van der Waals surface area contributed by atoms with Gasteiger partial charge in [-0.15, -0.1) is 10.2 Å². The topological polar surface area (TPSA) is 109 Å². The van der Waals surface area contributed by atoms with Crippen LogP contribution in [0, 0.1) is 0 Å². The fourth-order valence-corrected chi connectivity index (χ4v) is 3.11. The van der Waals surface area contributed by atoms with Gasteiger partial charge in [-0.1, -0.05) is 30.0 Å². The van der Waals surface area contributed by atoms with Gasteiger partial charge < -0.3 is 15.1 Å². The van der Waals surface area contributed by atoms with E-state index in [0.29, 0.717) is 16.0 Å². The molecule has 0 aliphatic heterocycles. The summed E-state index contributed by atoms with van der Waals surface area (Å²) in [6.07, 6.45) is 2.41. The Morgan fingerprint density at radius 1 is 1.42 bits per heavy atom. The summed E-state index contributed by atoms with van der Waals surface area (Å²) in [6.45, 7) is 4.34. The maximum absolute atomic E-state index is 11.7. The number of furan rings is 1. The van der Waals surface area contributed by atoms with Crippen molar-refractivity contribution >= 4 is 40.2 Å². The van der Waals surface area contributed by atoms with E-state index in [4.69, 9.17) is 4.42 Å². The first-order chi connectivity index (χ1) is 11.6. The van der Waals surface area contributed by atoms with Gasteiger partial charge in [0.15, 0.2) is 4.34 Å². The number of anilines is 1. The molecule has 24 heavy (non-hydrogen) atoms. The molecule has 10 heteroatoms. The van der Waals surface area contributed by atoms with Gasteiger partial charge in [0.05, 0.1) is 18.6 Å². The highest BCUT2D eigenvalue weighted by Crippen LogP contribution is 2.25. The van der Waals surface area contributed by atoms with Crippen LogP contribution in [0.2, 0.25) is 0 Å². The molecular formula is C14H19N5O3S2. The van der Waals surface area contributed by atoms with E-state index in [1.807, 2.05) is 26.0 Å². The number of rotatable bonds is 8. The summed E-state index contributed by atoms with van der Waals surface area (Å²) in [6, 6.07) is 3.22. The lowest BCUT2D eigenvalue weighted by Gasteiger charge is -2.11. The lowest BCUT2D eigenvalue weighted by molar-refractivity contribution is -0.117. The molecule has 0 saturated carbocycles. The molecule has 2 rings (SSSR count). The Morgan fingerprint density at radius 3 is 2.96 bits per heavy atom. The predicted octanol–water partition coefficient (Wildman–Crippen LogP) is 2.46. The first-order valence-corrected chi connectivity index (χ1v) is 9.20. The molecule has 0 aliphatic rings. The van der Waals surface area contributed by atoms with Gasteiger partial charge in [-0.3, -0.25) is 10.1 Å². The molecule has 8 nitrogen and oxygen atoms in total. The van der Waals surface area contributed by atoms with Gasteiger partial charge in [0, 0.05) is 6.04 Å². The highest BCUT2D eigenvalue weighted by atomic mass is 32.2. The normalized spacial score (nSPS) is 11.8. The molecule has 0 aliphatic carbocycles. The summed E-state index contributed by atoms with van der Waals surface area (Å²) in [7, 11) is 0. The number of urea groups is 1. The number of carbonyl (C=O) groups excluding carboxylic acids is 2. The van der Waals surface area contributed by atoms with Crippen molar-refractivity contribution in [1.82, 2.24) is 20.8 Å². The van der Waals surface area contributed by atoms with E-state index >= 15 is 0 Å². The summed E-state index contributed by atoms with van der Waals surface area (Å²) in [5, 5.41) is 16.7. The monoisotopic (exact) mass is 369 g/mol. The van der Waals surface area contributed by atoms with Gasteiger partial charge >= 0.3 is 6.03 Å². The van der Waals surface area contributed by atoms with E-state index in [1.165, 1.54) is 23.1 Å². The van der Waals surface area contributed by atoms with Gasteiger partial charge in [-0.25, -0.2) is 4.79 Å². The minimum absolute atomic E-state index is 0.0245. The van der Waals surface area contributed by atoms with Crippen molar-refractivity contribution in [2.24, 2.45) is 0 Å². The Labute approximate surface area is 147 Å². The van der Waals surface area contributed by atoms with Gasteiger partial charge in [0.25, 0.3) is 0 Å². The van der Waals surface area contributed by atoms with Crippen LogP contribution in [0.5, 0.6) is 0 Å². The first-order valence-electron chi connectivity index (χ1n) is 7.39. The average Bonchev–Trinajstić information content (AvgIpc) is 3.22. The Bertz CT molecular complexity index is 659. The molecule has 0 bridgehead atoms. The molecule has 3 N–H and O–H groups in total. The van der Waals surface area contributed by atoms with Crippen LogP contribution in [-0.2, 0) is 11.3 Å².